The third kappa shape index (κ3) is 9.34. The van der Waals surface area contributed by atoms with Gasteiger partial charge >= 0.3 is 0 Å². The molecule has 0 heterocycles. The summed E-state index contributed by atoms with van der Waals surface area (Å²) in [7, 11) is 0. The van der Waals surface area contributed by atoms with Crippen LogP contribution in [-0.2, 0) is 6.42 Å². The molecule has 0 aliphatic rings. The van der Waals surface area contributed by atoms with Crippen LogP contribution in [0.5, 0.6) is 0 Å². The number of halogens is 3. The lowest BCUT2D eigenvalue weighted by atomic mass is 10.1. The van der Waals surface area contributed by atoms with E-state index in [1.165, 1.54) is 12.1 Å². The van der Waals surface area contributed by atoms with E-state index in [9.17, 15) is 8.78 Å². The summed E-state index contributed by atoms with van der Waals surface area (Å²) >= 11 is 1.77. The van der Waals surface area contributed by atoms with Gasteiger partial charge in [-0.15, -0.1) is 24.0 Å². The van der Waals surface area contributed by atoms with Crippen LogP contribution in [0, 0.1) is 11.6 Å². The van der Waals surface area contributed by atoms with E-state index >= 15 is 0 Å². The first-order valence-electron chi connectivity index (χ1n) is 7.38. The van der Waals surface area contributed by atoms with E-state index in [1.54, 1.807) is 11.8 Å². The SMILES string of the molecule is CCNC(=NCC(C)(C)SC)NCCc1cc(F)cc(F)c1.I. The normalized spacial score (nSPS) is 11.8. The highest BCUT2D eigenvalue weighted by Crippen LogP contribution is 2.20. The van der Waals surface area contributed by atoms with Crippen molar-refractivity contribution in [2.45, 2.75) is 31.9 Å². The van der Waals surface area contributed by atoms with Crippen molar-refractivity contribution in [3.8, 4) is 0 Å². The van der Waals surface area contributed by atoms with E-state index in [0.717, 1.165) is 18.6 Å². The molecule has 0 aliphatic carbocycles. The van der Waals surface area contributed by atoms with E-state index < -0.39 is 11.6 Å². The molecule has 1 rings (SSSR count). The largest absolute Gasteiger partial charge is 0.357 e. The Labute approximate surface area is 159 Å². The van der Waals surface area contributed by atoms with Crippen LogP contribution in [0.3, 0.4) is 0 Å². The number of benzene rings is 1. The van der Waals surface area contributed by atoms with Gasteiger partial charge in [0.2, 0.25) is 0 Å². The lowest BCUT2D eigenvalue weighted by Crippen LogP contribution is -2.39. The smallest absolute Gasteiger partial charge is 0.191 e. The number of hydrogen-bond donors (Lipinski definition) is 2. The molecule has 1 aromatic rings. The van der Waals surface area contributed by atoms with Gasteiger partial charge in [-0.25, -0.2) is 8.78 Å². The summed E-state index contributed by atoms with van der Waals surface area (Å²) in [5.74, 6) is -0.365. The number of aliphatic imine (C=N–C) groups is 1. The van der Waals surface area contributed by atoms with Crippen molar-refractivity contribution in [2.24, 2.45) is 4.99 Å². The van der Waals surface area contributed by atoms with Crippen LogP contribution < -0.4 is 10.6 Å². The van der Waals surface area contributed by atoms with Gasteiger partial charge in [0.1, 0.15) is 11.6 Å². The summed E-state index contributed by atoms with van der Waals surface area (Å²) in [5, 5.41) is 6.36. The van der Waals surface area contributed by atoms with Crippen molar-refractivity contribution in [3.05, 3.63) is 35.4 Å². The minimum atomic E-state index is -0.544. The molecule has 0 saturated heterocycles. The first-order valence-corrected chi connectivity index (χ1v) is 8.61. The fourth-order valence-electron chi connectivity index (χ4n) is 1.76. The van der Waals surface area contributed by atoms with Crippen molar-refractivity contribution in [1.82, 2.24) is 10.6 Å². The minimum Gasteiger partial charge on any atom is -0.357 e. The minimum absolute atomic E-state index is 0. The van der Waals surface area contributed by atoms with E-state index in [-0.39, 0.29) is 28.7 Å². The first kappa shape index (κ1) is 22.4. The predicted octanol–water partition coefficient (Wildman–Crippen LogP) is 3.82. The summed E-state index contributed by atoms with van der Waals surface area (Å²) in [5.41, 5.74) is 0.630. The van der Waals surface area contributed by atoms with Gasteiger partial charge in [0.15, 0.2) is 5.96 Å². The molecular formula is C16H26F2IN3S. The summed E-state index contributed by atoms with van der Waals surface area (Å²) < 4.78 is 26.3. The Morgan fingerprint density at radius 2 is 1.78 bits per heavy atom. The molecule has 0 aromatic heterocycles. The quantitative estimate of drug-likeness (QED) is 0.372. The van der Waals surface area contributed by atoms with E-state index in [4.69, 9.17) is 0 Å². The van der Waals surface area contributed by atoms with Gasteiger partial charge in [-0.1, -0.05) is 0 Å². The summed E-state index contributed by atoms with van der Waals surface area (Å²) in [6.07, 6.45) is 2.60. The first-order chi connectivity index (χ1) is 10.4. The number of thioether (sulfide) groups is 1. The average Bonchev–Trinajstić information content (AvgIpc) is 2.44. The fraction of sp³-hybridized carbons (Fsp3) is 0.562. The van der Waals surface area contributed by atoms with Gasteiger partial charge in [0, 0.05) is 23.9 Å². The maximum absolute atomic E-state index is 13.1. The Hall–Kier alpha value is -0.570. The van der Waals surface area contributed by atoms with Crippen LogP contribution in [-0.4, -0.2) is 36.6 Å². The number of nitrogens with one attached hydrogen (secondary N) is 2. The Kier molecular flexibility index (Phi) is 10.8. The van der Waals surface area contributed by atoms with Gasteiger partial charge in [-0.2, -0.15) is 11.8 Å². The van der Waals surface area contributed by atoms with Gasteiger partial charge in [0.05, 0.1) is 6.54 Å². The maximum atomic E-state index is 13.1. The zero-order valence-corrected chi connectivity index (χ0v) is 17.2. The van der Waals surface area contributed by atoms with Crippen LogP contribution >= 0.6 is 35.7 Å². The standard InChI is InChI=1S/C16H25F2N3S.HI/c1-5-19-15(21-11-16(2,3)22-4)20-7-6-12-8-13(17)10-14(18)9-12;/h8-10H,5-7,11H2,1-4H3,(H2,19,20,21);1H. The molecular weight excluding hydrogens is 431 g/mol. The van der Waals surface area contributed by atoms with E-state index in [1.807, 2.05) is 6.92 Å². The van der Waals surface area contributed by atoms with Crippen molar-refractivity contribution in [3.63, 3.8) is 0 Å². The molecule has 0 fully saturated rings. The van der Waals surface area contributed by atoms with Crippen LogP contribution in [0.15, 0.2) is 23.2 Å². The second kappa shape index (κ2) is 11.1. The number of nitrogens with zero attached hydrogens (tertiary/aromatic N) is 1. The number of hydrogen-bond acceptors (Lipinski definition) is 2. The summed E-state index contributed by atoms with van der Waals surface area (Å²) in [4.78, 5) is 4.55. The Morgan fingerprint density at radius 3 is 2.30 bits per heavy atom. The monoisotopic (exact) mass is 457 g/mol. The highest BCUT2D eigenvalue weighted by Gasteiger charge is 2.15. The Morgan fingerprint density at radius 1 is 1.17 bits per heavy atom. The number of rotatable bonds is 7. The van der Waals surface area contributed by atoms with Gasteiger partial charge < -0.3 is 10.6 Å². The van der Waals surface area contributed by atoms with Crippen LogP contribution in [0.4, 0.5) is 8.78 Å². The average molecular weight is 457 g/mol. The fourth-order valence-corrected chi connectivity index (χ4v) is 1.95. The molecule has 3 nitrogen and oxygen atoms in total. The molecule has 0 spiro atoms. The molecule has 2 N–H and O–H groups in total. The maximum Gasteiger partial charge on any atom is 0.191 e. The van der Waals surface area contributed by atoms with E-state index in [0.29, 0.717) is 25.1 Å². The molecule has 0 atom stereocenters. The summed E-state index contributed by atoms with van der Waals surface area (Å²) in [6.45, 7) is 8.30. The topological polar surface area (TPSA) is 36.4 Å². The molecule has 23 heavy (non-hydrogen) atoms. The Bertz CT molecular complexity index is 490. The van der Waals surface area contributed by atoms with Crippen LogP contribution in [0.25, 0.3) is 0 Å². The molecule has 0 unspecified atom stereocenters. The summed E-state index contributed by atoms with van der Waals surface area (Å²) in [6, 6.07) is 3.59. The molecule has 0 bridgehead atoms. The third-order valence-corrected chi connectivity index (χ3v) is 4.38. The van der Waals surface area contributed by atoms with Gasteiger partial charge in [-0.05, 0) is 51.1 Å². The van der Waals surface area contributed by atoms with Gasteiger partial charge in [-0.3, -0.25) is 4.99 Å². The second-order valence-corrected chi connectivity index (χ2v) is 7.13. The molecule has 7 heteroatoms. The number of guanidine groups is 1. The van der Waals surface area contributed by atoms with Crippen molar-refractivity contribution >= 4 is 41.7 Å². The lowest BCUT2D eigenvalue weighted by Gasteiger charge is -2.20. The van der Waals surface area contributed by atoms with Gasteiger partial charge in [0.25, 0.3) is 0 Å². The molecule has 0 aliphatic heterocycles. The van der Waals surface area contributed by atoms with Crippen LogP contribution in [0.2, 0.25) is 0 Å². The molecule has 0 radical (unpaired) electrons. The zero-order chi connectivity index (χ0) is 16.6. The Balaban J connectivity index is 0.00000484. The highest BCUT2D eigenvalue weighted by atomic mass is 127. The molecule has 0 amide bonds. The highest BCUT2D eigenvalue weighted by molar-refractivity contribution is 14.0. The molecule has 132 valence electrons. The zero-order valence-electron chi connectivity index (χ0n) is 14.1. The third-order valence-electron chi connectivity index (χ3n) is 3.14. The van der Waals surface area contributed by atoms with Crippen molar-refractivity contribution in [1.29, 1.82) is 0 Å². The predicted molar refractivity (Wildman–Crippen MR) is 107 cm³/mol. The molecule has 0 saturated carbocycles. The lowest BCUT2D eigenvalue weighted by molar-refractivity contribution is 0.579. The van der Waals surface area contributed by atoms with Crippen molar-refractivity contribution < 1.29 is 8.78 Å². The van der Waals surface area contributed by atoms with Crippen molar-refractivity contribution in [2.75, 3.05) is 25.9 Å². The second-order valence-electron chi connectivity index (χ2n) is 5.61. The van der Waals surface area contributed by atoms with E-state index in [2.05, 4.69) is 35.7 Å². The molecule has 1 aromatic carbocycles. The van der Waals surface area contributed by atoms with Crippen LogP contribution in [0.1, 0.15) is 26.3 Å².